The largest absolute Gasteiger partial charge is 0.476 e. The van der Waals surface area contributed by atoms with Gasteiger partial charge in [-0.05, 0) is 87.6 Å². The van der Waals surface area contributed by atoms with Crippen LogP contribution in [0.15, 0.2) is 41.3 Å². The average molecular weight is 500 g/mol. The number of nitrogens with zero attached hydrogens (tertiary/aromatic N) is 1. The quantitative estimate of drug-likeness (QED) is 0.339. The number of carbonyl (C=O) groups excluding carboxylic acids is 2. The van der Waals surface area contributed by atoms with Gasteiger partial charge in [0.2, 0.25) is 0 Å². The van der Waals surface area contributed by atoms with Gasteiger partial charge in [-0.25, -0.2) is 9.59 Å². The smallest absolute Gasteiger partial charge is 0.409 e. The summed E-state index contributed by atoms with van der Waals surface area (Å²) in [6.07, 6.45) is 2.65. The number of likely N-dealkylation sites (tertiary alicyclic amines) is 1. The molecule has 3 rings (SSSR count). The first-order chi connectivity index (χ1) is 16.6. The first-order valence-corrected chi connectivity index (χ1v) is 13.2. The third-order valence-corrected chi connectivity index (χ3v) is 7.31. The lowest BCUT2D eigenvalue weighted by molar-refractivity contribution is -0.158. The molecule has 0 N–H and O–H groups in total. The van der Waals surface area contributed by atoms with Gasteiger partial charge in [0.1, 0.15) is 5.75 Å². The van der Waals surface area contributed by atoms with Crippen molar-refractivity contribution in [3.8, 4) is 5.75 Å². The van der Waals surface area contributed by atoms with Crippen molar-refractivity contribution in [3.63, 3.8) is 0 Å². The number of methoxy groups -OCH3 is 1. The number of ether oxygens (including phenoxy) is 3. The van der Waals surface area contributed by atoms with Crippen LogP contribution in [0.1, 0.15) is 48.9 Å². The Kier molecular flexibility index (Phi) is 8.75. The summed E-state index contributed by atoms with van der Waals surface area (Å²) in [6, 6.07) is 12.9. The molecule has 0 bridgehead atoms. The van der Waals surface area contributed by atoms with Crippen molar-refractivity contribution in [2.75, 3.05) is 33.1 Å². The minimum absolute atomic E-state index is 0.166. The summed E-state index contributed by atoms with van der Waals surface area (Å²) in [5, 5.41) is 0. The van der Waals surface area contributed by atoms with Crippen LogP contribution >= 0.6 is 11.8 Å². The predicted octanol–water partition coefficient (Wildman–Crippen LogP) is 5.77. The summed E-state index contributed by atoms with van der Waals surface area (Å²) in [6.45, 7) is 10.8. The van der Waals surface area contributed by atoms with Gasteiger partial charge in [0, 0.05) is 23.9 Å². The molecule has 1 fully saturated rings. The molecule has 1 aliphatic rings. The van der Waals surface area contributed by atoms with E-state index in [9.17, 15) is 9.59 Å². The Morgan fingerprint density at radius 1 is 1.09 bits per heavy atom. The van der Waals surface area contributed by atoms with Crippen LogP contribution in [0.2, 0.25) is 0 Å². The van der Waals surface area contributed by atoms with Crippen molar-refractivity contribution < 1.29 is 23.8 Å². The third kappa shape index (κ3) is 6.31. The van der Waals surface area contributed by atoms with Gasteiger partial charge in [0.25, 0.3) is 0 Å². The number of benzene rings is 2. The highest BCUT2D eigenvalue weighted by atomic mass is 32.2. The molecule has 0 radical (unpaired) electrons. The van der Waals surface area contributed by atoms with Crippen LogP contribution in [0.4, 0.5) is 4.79 Å². The van der Waals surface area contributed by atoms with E-state index in [1.807, 2.05) is 13.8 Å². The number of amides is 1. The fourth-order valence-corrected chi connectivity index (χ4v) is 5.17. The van der Waals surface area contributed by atoms with Gasteiger partial charge in [-0.2, -0.15) is 0 Å². The molecule has 0 aliphatic carbocycles. The first-order valence-electron chi connectivity index (χ1n) is 12.0. The molecule has 7 heteroatoms. The second-order valence-corrected chi connectivity index (χ2v) is 10.5. The molecule has 2 atom stereocenters. The SMILES string of the molecule is CCOC(=O)C(C)(C)Oc1c(C)cc([C@H]2CN(C(=O)OC)C[C@@H]2Cc2ccc(SC)cc2)cc1C. The van der Waals surface area contributed by atoms with E-state index in [2.05, 4.69) is 42.7 Å². The number of thioether (sulfide) groups is 1. The van der Waals surface area contributed by atoms with E-state index >= 15 is 0 Å². The maximum absolute atomic E-state index is 12.4. The van der Waals surface area contributed by atoms with Crippen LogP contribution < -0.4 is 4.74 Å². The summed E-state index contributed by atoms with van der Waals surface area (Å²) in [5.74, 6) is 0.730. The minimum Gasteiger partial charge on any atom is -0.476 e. The van der Waals surface area contributed by atoms with Gasteiger partial charge < -0.3 is 19.1 Å². The molecule has 2 aromatic rings. The molecule has 6 nitrogen and oxygen atoms in total. The summed E-state index contributed by atoms with van der Waals surface area (Å²) in [5.41, 5.74) is 3.24. The summed E-state index contributed by atoms with van der Waals surface area (Å²) >= 11 is 1.73. The zero-order valence-electron chi connectivity index (χ0n) is 21.8. The summed E-state index contributed by atoms with van der Waals surface area (Å²) < 4.78 is 16.4. The lowest BCUT2D eigenvalue weighted by Crippen LogP contribution is -2.40. The normalized spacial score (nSPS) is 17.9. The Labute approximate surface area is 213 Å². The van der Waals surface area contributed by atoms with Crippen molar-refractivity contribution >= 4 is 23.8 Å². The highest BCUT2D eigenvalue weighted by molar-refractivity contribution is 7.98. The lowest BCUT2D eigenvalue weighted by atomic mass is 9.83. The standard InChI is InChI=1S/C28H37NO5S/c1-8-33-26(30)28(4,5)34-25-18(2)13-21(14-19(25)3)24-17-29(27(31)32-6)16-22(24)15-20-9-11-23(35-7)12-10-20/h9-14,22,24H,8,15-17H2,1-7H3/t22-,24+/m0/s1. The van der Waals surface area contributed by atoms with Crippen molar-refractivity contribution in [3.05, 3.63) is 58.7 Å². The van der Waals surface area contributed by atoms with E-state index in [-0.39, 0.29) is 23.9 Å². The lowest BCUT2D eigenvalue weighted by Gasteiger charge is -2.27. The fourth-order valence-electron chi connectivity index (χ4n) is 4.76. The molecular weight excluding hydrogens is 462 g/mol. The number of hydrogen-bond acceptors (Lipinski definition) is 6. The van der Waals surface area contributed by atoms with E-state index in [1.165, 1.54) is 23.1 Å². The van der Waals surface area contributed by atoms with Crippen LogP contribution in [0.5, 0.6) is 5.75 Å². The van der Waals surface area contributed by atoms with E-state index in [0.29, 0.717) is 25.4 Å². The van der Waals surface area contributed by atoms with Crippen LogP contribution in [0, 0.1) is 19.8 Å². The Morgan fingerprint density at radius 2 is 1.71 bits per heavy atom. The van der Waals surface area contributed by atoms with Crippen LogP contribution in [-0.4, -0.2) is 55.6 Å². The Hall–Kier alpha value is -2.67. The van der Waals surface area contributed by atoms with E-state index in [4.69, 9.17) is 14.2 Å². The van der Waals surface area contributed by atoms with Gasteiger partial charge in [-0.15, -0.1) is 11.8 Å². The van der Waals surface area contributed by atoms with Gasteiger partial charge >= 0.3 is 12.1 Å². The molecule has 190 valence electrons. The van der Waals surface area contributed by atoms with Gasteiger partial charge in [0.05, 0.1) is 13.7 Å². The van der Waals surface area contributed by atoms with E-state index < -0.39 is 5.60 Å². The maximum Gasteiger partial charge on any atom is 0.409 e. The van der Waals surface area contributed by atoms with E-state index in [0.717, 1.165) is 17.5 Å². The van der Waals surface area contributed by atoms with Crippen LogP contribution in [0.25, 0.3) is 0 Å². The van der Waals surface area contributed by atoms with Gasteiger partial charge in [-0.1, -0.05) is 24.3 Å². The molecule has 35 heavy (non-hydrogen) atoms. The highest BCUT2D eigenvalue weighted by Crippen LogP contribution is 2.39. The molecule has 0 aromatic heterocycles. The maximum atomic E-state index is 12.4. The first kappa shape index (κ1) is 26.9. The molecule has 1 aliphatic heterocycles. The highest BCUT2D eigenvalue weighted by Gasteiger charge is 2.38. The summed E-state index contributed by atoms with van der Waals surface area (Å²) in [7, 11) is 1.43. The minimum atomic E-state index is -1.09. The number of aryl methyl sites for hydroxylation is 2. The van der Waals surface area contributed by atoms with Gasteiger partial charge in [0.15, 0.2) is 5.60 Å². The molecular formula is C28H37NO5S. The average Bonchev–Trinajstić information content (AvgIpc) is 3.25. The molecule has 0 unspecified atom stereocenters. The van der Waals surface area contributed by atoms with Crippen molar-refractivity contribution in [2.24, 2.45) is 5.92 Å². The Bertz CT molecular complexity index is 1030. The van der Waals surface area contributed by atoms with Crippen molar-refractivity contribution in [2.45, 2.75) is 57.5 Å². The predicted molar refractivity (Wildman–Crippen MR) is 139 cm³/mol. The second kappa shape index (κ2) is 11.4. The third-order valence-electron chi connectivity index (χ3n) is 6.57. The number of rotatable bonds is 8. The molecule has 1 amide bonds. The van der Waals surface area contributed by atoms with Crippen molar-refractivity contribution in [1.29, 1.82) is 0 Å². The second-order valence-electron chi connectivity index (χ2n) is 9.61. The fraction of sp³-hybridized carbons (Fsp3) is 0.500. The summed E-state index contributed by atoms with van der Waals surface area (Å²) in [4.78, 5) is 27.8. The monoisotopic (exact) mass is 499 g/mol. The Morgan fingerprint density at radius 3 is 2.26 bits per heavy atom. The van der Waals surface area contributed by atoms with Crippen LogP contribution in [-0.2, 0) is 20.7 Å². The molecule has 2 aromatic carbocycles. The number of esters is 1. The topological polar surface area (TPSA) is 65.1 Å². The number of carbonyl (C=O) groups is 2. The molecule has 1 saturated heterocycles. The van der Waals surface area contributed by atoms with Crippen LogP contribution in [0.3, 0.4) is 0 Å². The molecule has 1 heterocycles. The Balaban J connectivity index is 1.88. The van der Waals surface area contributed by atoms with Gasteiger partial charge in [-0.3, -0.25) is 0 Å². The molecule has 0 saturated carbocycles. The number of hydrogen-bond donors (Lipinski definition) is 0. The van der Waals surface area contributed by atoms with E-state index in [1.54, 1.807) is 37.4 Å². The molecule has 0 spiro atoms. The zero-order valence-corrected chi connectivity index (χ0v) is 22.7. The zero-order chi connectivity index (χ0) is 25.8. The van der Waals surface area contributed by atoms with Crippen molar-refractivity contribution in [1.82, 2.24) is 4.90 Å².